The van der Waals surface area contributed by atoms with E-state index < -0.39 is 5.41 Å². The van der Waals surface area contributed by atoms with Crippen LogP contribution >= 0.6 is 12.4 Å². The van der Waals surface area contributed by atoms with E-state index in [4.69, 9.17) is 5.73 Å². The smallest absolute Gasteiger partial charge is 0.231 e. The minimum Gasteiger partial charge on any atom is -0.329 e. The molecule has 1 aromatic carbocycles. The van der Waals surface area contributed by atoms with Gasteiger partial charge in [-0.1, -0.05) is 13.8 Å². The summed E-state index contributed by atoms with van der Waals surface area (Å²) in [5, 5.41) is 2.97. The quantitative estimate of drug-likeness (QED) is 0.836. The van der Waals surface area contributed by atoms with Gasteiger partial charge in [0.25, 0.3) is 0 Å². The summed E-state index contributed by atoms with van der Waals surface area (Å²) >= 11 is 0. The standard InChI is InChI=1S/C18H24N4O.ClH/c1-4-18(5-2,12-19)17(23)22-15-8-6-14(7-9-15)16-20-11-10-13(3)21-16;/h6-11H,4-5,12,19H2,1-3H3,(H,22,23);1H. The molecule has 0 saturated carbocycles. The summed E-state index contributed by atoms with van der Waals surface area (Å²) in [4.78, 5) is 21.2. The van der Waals surface area contributed by atoms with Crippen LogP contribution in [-0.2, 0) is 4.79 Å². The van der Waals surface area contributed by atoms with Crippen molar-refractivity contribution < 1.29 is 4.79 Å². The Hall–Kier alpha value is -1.98. The first-order valence-electron chi connectivity index (χ1n) is 7.96. The monoisotopic (exact) mass is 348 g/mol. The zero-order valence-corrected chi connectivity index (χ0v) is 15.2. The van der Waals surface area contributed by atoms with Crippen molar-refractivity contribution in [3.63, 3.8) is 0 Å². The van der Waals surface area contributed by atoms with Crippen molar-refractivity contribution >= 4 is 24.0 Å². The number of nitrogens with two attached hydrogens (primary N) is 1. The van der Waals surface area contributed by atoms with Crippen LogP contribution in [0, 0.1) is 12.3 Å². The van der Waals surface area contributed by atoms with Gasteiger partial charge in [0, 0.05) is 29.7 Å². The van der Waals surface area contributed by atoms with Gasteiger partial charge in [-0.3, -0.25) is 4.79 Å². The molecule has 0 spiro atoms. The van der Waals surface area contributed by atoms with Crippen LogP contribution in [0.2, 0.25) is 0 Å². The minimum absolute atomic E-state index is 0. The van der Waals surface area contributed by atoms with Gasteiger partial charge in [-0.15, -0.1) is 12.4 Å². The van der Waals surface area contributed by atoms with Crippen LogP contribution in [0.1, 0.15) is 32.4 Å². The normalized spacial score (nSPS) is 10.8. The Morgan fingerprint density at radius 3 is 2.29 bits per heavy atom. The average Bonchev–Trinajstić information content (AvgIpc) is 2.58. The van der Waals surface area contributed by atoms with Gasteiger partial charge in [-0.05, 0) is 50.1 Å². The average molecular weight is 349 g/mol. The first-order valence-corrected chi connectivity index (χ1v) is 7.96. The highest BCUT2D eigenvalue weighted by atomic mass is 35.5. The minimum atomic E-state index is -0.502. The number of nitrogens with one attached hydrogen (secondary N) is 1. The lowest BCUT2D eigenvalue weighted by atomic mass is 9.81. The summed E-state index contributed by atoms with van der Waals surface area (Å²) in [6.45, 7) is 6.27. The number of hydrogen-bond acceptors (Lipinski definition) is 4. The van der Waals surface area contributed by atoms with Gasteiger partial charge in [0.15, 0.2) is 5.82 Å². The summed E-state index contributed by atoms with van der Waals surface area (Å²) in [5.41, 5.74) is 7.92. The number of anilines is 1. The third-order valence-electron chi connectivity index (χ3n) is 4.42. The molecular formula is C18H25ClN4O. The molecule has 3 N–H and O–H groups in total. The van der Waals surface area contributed by atoms with Crippen molar-refractivity contribution in [2.45, 2.75) is 33.6 Å². The van der Waals surface area contributed by atoms with Gasteiger partial charge in [0.05, 0.1) is 5.41 Å². The lowest BCUT2D eigenvalue weighted by molar-refractivity contribution is -0.125. The van der Waals surface area contributed by atoms with Crippen LogP contribution in [-0.4, -0.2) is 22.4 Å². The molecule has 1 heterocycles. The van der Waals surface area contributed by atoms with E-state index in [-0.39, 0.29) is 18.3 Å². The highest BCUT2D eigenvalue weighted by molar-refractivity contribution is 5.95. The fourth-order valence-electron chi connectivity index (χ4n) is 2.51. The van der Waals surface area contributed by atoms with Gasteiger partial charge in [0.1, 0.15) is 0 Å². The molecule has 0 bridgehead atoms. The molecule has 0 aliphatic heterocycles. The predicted molar refractivity (Wildman–Crippen MR) is 100 cm³/mol. The highest BCUT2D eigenvalue weighted by Crippen LogP contribution is 2.27. The molecule has 5 nitrogen and oxygen atoms in total. The predicted octanol–water partition coefficient (Wildman–Crippen LogP) is 3.58. The SMILES string of the molecule is CCC(CC)(CN)C(=O)Nc1ccc(-c2nccc(C)n2)cc1.Cl. The Kier molecular flexibility index (Phi) is 7.32. The molecular weight excluding hydrogens is 324 g/mol. The molecule has 0 aliphatic carbocycles. The molecule has 1 aromatic heterocycles. The third-order valence-corrected chi connectivity index (χ3v) is 4.42. The van der Waals surface area contributed by atoms with Crippen molar-refractivity contribution in [2.24, 2.45) is 11.1 Å². The van der Waals surface area contributed by atoms with Crippen molar-refractivity contribution in [2.75, 3.05) is 11.9 Å². The Morgan fingerprint density at radius 2 is 1.79 bits per heavy atom. The number of amides is 1. The molecule has 6 heteroatoms. The molecule has 0 radical (unpaired) electrons. The topological polar surface area (TPSA) is 80.9 Å². The zero-order valence-electron chi connectivity index (χ0n) is 14.4. The van der Waals surface area contributed by atoms with E-state index in [1.165, 1.54) is 0 Å². The molecule has 1 amide bonds. The van der Waals surface area contributed by atoms with Crippen LogP contribution in [0.4, 0.5) is 5.69 Å². The van der Waals surface area contributed by atoms with Crippen molar-refractivity contribution in [3.8, 4) is 11.4 Å². The maximum Gasteiger partial charge on any atom is 0.231 e. The third kappa shape index (κ3) is 4.30. The van der Waals surface area contributed by atoms with Gasteiger partial charge in [0.2, 0.25) is 5.91 Å². The maximum absolute atomic E-state index is 12.5. The van der Waals surface area contributed by atoms with Crippen LogP contribution in [0.25, 0.3) is 11.4 Å². The second kappa shape index (κ2) is 8.76. The van der Waals surface area contributed by atoms with E-state index in [0.717, 1.165) is 29.8 Å². The summed E-state index contributed by atoms with van der Waals surface area (Å²) < 4.78 is 0. The van der Waals surface area contributed by atoms with E-state index in [1.54, 1.807) is 6.20 Å². The van der Waals surface area contributed by atoms with Crippen LogP contribution in [0.3, 0.4) is 0 Å². The first-order chi connectivity index (χ1) is 11.0. The fourth-order valence-corrected chi connectivity index (χ4v) is 2.51. The Balaban J connectivity index is 0.00000288. The van der Waals surface area contributed by atoms with Crippen molar-refractivity contribution in [1.82, 2.24) is 9.97 Å². The van der Waals surface area contributed by atoms with E-state index in [9.17, 15) is 4.79 Å². The number of halogens is 1. The van der Waals surface area contributed by atoms with E-state index in [1.807, 2.05) is 51.1 Å². The number of carbonyl (C=O) groups is 1. The second-order valence-corrected chi connectivity index (χ2v) is 5.74. The number of hydrogen-bond donors (Lipinski definition) is 2. The lowest BCUT2D eigenvalue weighted by Crippen LogP contribution is -2.41. The van der Waals surface area contributed by atoms with Crippen LogP contribution in [0.15, 0.2) is 36.5 Å². The highest BCUT2D eigenvalue weighted by Gasteiger charge is 2.33. The molecule has 0 fully saturated rings. The van der Waals surface area contributed by atoms with Crippen LogP contribution < -0.4 is 11.1 Å². The molecule has 0 saturated heterocycles. The van der Waals surface area contributed by atoms with Crippen molar-refractivity contribution in [3.05, 3.63) is 42.2 Å². The molecule has 24 heavy (non-hydrogen) atoms. The summed E-state index contributed by atoms with van der Waals surface area (Å²) in [6.07, 6.45) is 3.19. The maximum atomic E-state index is 12.5. The molecule has 0 aliphatic rings. The Labute approximate surface area is 149 Å². The van der Waals surface area contributed by atoms with Gasteiger partial charge < -0.3 is 11.1 Å². The zero-order chi connectivity index (χ0) is 16.9. The number of aryl methyl sites for hydroxylation is 1. The number of rotatable bonds is 6. The summed E-state index contributed by atoms with van der Waals surface area (Å²) in [7, 11) is 0. The Bertz CT molecular complexity index is 661. The largest absolute Gasteiger partial charge is 0.329 e. The number of benzene rings is 1. The van der Waals surface area contributed by atoms with Crippen molar-refractivity contribution in [1.29, 1.82) is 0 Å². The van der Waals surface area contributed by atoms with Crippen LogP contribution in [0.5, 0.6) is 0 Å². The second-order valence-electron chi connectivity index (χ2n) is 5.74. The Morgan fingerprint density at radius 1 is 1.17 bits per heavy atom. The number of nitrogens with zero attached hydrogens (tertiary/aromatic N) is 2. The van der Waals surface area contributed by atoms with Gasteiger partial charge in [-0.2, -0.15) is 0 Å². The summed E-state index contributed by atoms with van der Waals surface area (Å²) in [5.74, 6) is 0.658. The molecule has 2 rings (SSSR count). The number of carbonyl (C=O) groups excluding carboxylic acids is 1. The van der Waals surface area contributed by atoms with Gasteiger partial charge >= 0.3 is 0 Å². The lowest BCUT2D eigenvalue weighted by Gasteiger charge is -2.28. The number of aromatic nitrogens is 2. The molecule has 0 unspecified atom stereocenters. The van der Waals surface area contributed by atoms with Gasteiger partial charge in [-0.25, -0.2) is 9.97 Å². The van der Waals surface area contributed by atoms with E-state index in [2.05, 4.69) is 15.3 Å². The molecule has 0 atom stereocenters. The molecule has 2 aromatic rings. The van der Waals surface area contributed by atoms with E-state index >= 15 is 0 Å². The first kappa shape index (κ1) is 20.1. The fraction of sp³-hybridized carbons (Fsp3) is 0.389. The summed E-state index contributed by atoms with van der Waals surface area (Å²) in [6, 6.07) is 9.41. The van der Waals surface area contributed by atoms with E-state index in [0.29, 0.717) is 12.4 Å². The molecule has 130 valence electrons.